The molecule has 3 heteroatoms. The molecule has 0 fully saturated rings. The fourth-order valence-electron chi connectivity index (χ4n) is 1.28. The van der Waals surface area contributed by atoms with Crippen molar-refractivity contribution < 1.29 is 4.74 Å². The van der Waals surface area contributed by atoms with Gasteiger partial charge in [-0.1, -0.05) is 12.1 Å². The number of ether oxygens (including phenoxy) is 1. The number of nitrogens with two attached hydrogens (primary N) is 1. The Morgan fingerprint density at radius 2 is 2.27 bits per heavy atom. The highest BCUT2D eigenvalue weighted by Gasteiger charge is 2.00. The number of thioether (sulfide) groups is 1. The summed E-state index contributed by atoms with van der Waals surface area (Å²) in [4.78, 5) is 0. The Kier molecular flexibility index (Phi) is 5.58. The summed E-state index contributed by atoms with van der Waals surface area (Å²) < 4.78 is 5.63. The normalized spacial score (nSPS) is 12.5. The van der Waals surface area contributed by atoms with E-state index in [-0.39, 0.29) is 6.04 Å². The van der Waals surface area contributed by atoms with Gasteiger partial charge in [-0.3, -0.25) is 0 Å². The van der Waals surface area contributed by atoms with Gasteiger partial charge in [0.1, 0.15) is 5.75 Å². The maximum atomic E-state index is 5.80. The second-order valence-corrected chi connectivity index (χ2v) is 4.54. The van der Waals surface area contributed by atoms with Gasteiger partial charge in [0.15, 0.2) is 0 Å². The summed E-state index contributed by atoms with van der Waals surface area (Å²) in [5.74, 6) is 2.07. The van der Waals surface area contributed by atoms with Gasteiger partial charge in [0.25, 0.3) is 0 Å². The average molecular weight is 225 g/mol. The molecule has 1 aromatic carbocycles. The third kappa shape index (κ3) is 4.58. The lowest BCUT2D eigenvalue weighted by Crippen LogP contribution is -2.05. The molecule has 0 aliphatic heterocycles. The molecule has 0 aromatic heterocycles. The minimum absolute atomic E-state index is 0.0692. The maximum Gasteiger partial charge on any atom is 0.119 e. The molecule has 0 saturated heterocycles. The predicted molar refractivity (Wildman–Crippen MR) is 67.5 cm³/mol. The van der Waals surface area contributed by atoms with E-state index >= 15 is 0 Å². The molecule has 1 aromatic rings. The van der Waals surface area contributed by atoms with Crippen LogP contribution in [0.3, 0.4) is 0 Å². The van der Waals surface area contributed by atoms with Gasteiger partial charge < -0.3 is 10.5 Å². The van der Waals surface area contributed by atoms with Gasteiger partial charge in [0.05, 0.1) is 6.61 Å². The molecule has 0 aliphatic carbocycles. The molecule has 0 spiro atoms. The summed E-state index contributed by atoms with van der Waals surface area (Å²) in [5.41, 5.74) is 6.92. The Labute approximate surface area is 96.2 Å². The molecule has 1 atom stereocenters. The highest BCUT2D eigenvalue weighted by atomic mass is 32.2. The zero-order valence-corrected chi connectivity index (χ0v) is 10.2. The molecule has 0 radical (unpaired) electrons. The van der Waals surface area contributed by atoms with Gasteiger partial charge in [-0.15, -0.1) is 0 Å². The van der Waals surface area contributed by atoms with E-state index < -0.39 is 0 Å². The van der Waals surface area contributed by atoms with E-state index in [1.807, 2.05) is 43.0 Å². The zero-order chi connectivity index (χ0) is 11.1. The molecule has 0 aliphatic rings. The van der Waals surface area contributed by atoms with Crippen LogP contribution in [-0.2, 0) is 0 Å². The third-order valence-electron chi connectivity index (χ3n) is 2.15. The van der Waals surface area contributed by atoms with Crippen molar-refractivity contribution in [2.45, 2.75) is 19.4 Å². The largest absolute Gasteiger partial charge is 0.494 e. The van der Waals surface area contributed by atoms with Crippen LogP contribution in [0.15, 0.2) is 24.3 Å². The summed E-state index contributed by atoms with van der Waals surface area (Å²) in [5, 5.41) is 0. The summed E-state index contributed by atoms with van der Waals surface area (Å²) in [6, 6.07) is 8.08. The molecule has 0 bridgehead atoms. The van der Waals surface area contributed by atoms with E-state index in [1.54, 1.807) is 0 Å². The quantitative estimate of drug-likeness (QED) is 0.756. The first-order valence-electron chi connectivity index (χ1n) is 5.21. The van der Waals surface area contributed by atoms with Crippen LogP contribution < -0.4 is 10.5 Å². The van der Waals surface area contributed by atoms with E-state index in [0.29, 0.717) is 0 Å². The van der Waals surface area contributed by atoms with Gasteiger partial charge in [0, 0.05) is 6.04 Å². The van der Waals surface area contributed by atoms with Crippen LogP contribution >= 0.6 is 11.8 Å². The molecule has 84 valence electrons. The van der Waals surface area contributed by atoms with Crippen molar-refractivity contribution in [2.24, 2.45) is 5.73 Å². The second-order valence-electron chi connectivity index (χ2n) is 3.56. The van der Waals surface area contributed by atoms with Crippen LogP contribution in [0.5, 0.6) is 5.75 Å². The molecular formula is C12H19NOS. The van der Waals surface area contributed by atoms with E-state index in [4.69, 9.17) is 10.5 Å². The molecule has 2 nitrogen and oxygen atoms in total. The van der Waals surface area contributed by atoms with Crippen LogP contribution in [0.4, 0.5) is 0 Å². The predicted octanol–water partition coefficient (Wildman–Crippen LogP) is 2.84. The Morgan fingerprint density at radius 3 is 2.93 bits per heavy atom. The number of benzene rings is 1. The fourth-order valence-corrected chi connectivity index (χ4v) is 1.69. The van der Waals surface area contributed by atoms with Crippen molar-refractivity contribution in [3.63, 3.8) is 0 Å². The van der Waals surface area contributed by atoms with Crippen molar-refractivity contribution in [3.8, 4) is 5.75 Å². The zero-order valence-electron chi connectivity index (χ0n) is 9.40. The van der Waals surface area contributed by atoms with Crippen molar-refractivity contribution in [2.75, 3.05) is 18.6 Å². The van der Waals surface area contributed by atoms with Gasteiger partial charge in [-0.2, -0.15) is 11.8 Å². The Balaban J connectivity index is 2.43. The van der Waals surface area contributed by atoms with Gasteiger partial charge >= 0.3 is 0 Å². The first-order chi connectivity index (χ1) is 7.24. The standard InChI is InChI=1S/C12H19NOS/c1-10(13)11-5-3-6-12(9-11)14-7-4-8-15-2/h3,5-6,9-10H,4,7-8,13H2,1-2H3/t10-/m1/s1. The molecule has 2 N–H and O–H groups in total. The Morgan fingerprint density at radius 1 is 1.47 bits per heavy atom. The summed E-state index contributed by atoms with van der Waals surface area (Å²) in [7, 11) is 0. The van der Waals surface area contributed by atoms with Crippen LogP contribution in [0, 0.1) is 0 Å². The van der Waals surface area contributed by atoms with E-state index in [1.165, 1.54) is 0 Å². The minimum atomic E-state index is 0.0692. The maximum absolute atomic E-state index is 5.80. The average Bonchev–Trinajstić information content (AvgIpc) is 2.25. The highest BCUT2D eigenvalue weighted by Crippen LogP contribution is 2.17. The van der Waals surface area contributed by atoms with Gasteiger partial charge in [0.2, 0.25) is 0 Å². The number of hydrogen-bond acceptors (Lipinski definition) is 3. The van der Waals surface area contributed by atoms with Crippen LogP contribution in [-0.4, -0.2) is 18.6 Å². The molecule has 1 rings (SSSR count). The first-order valence-corrected chi connectivity index (χ1v) is 6.60. The molecule has 15 heavy (non-hydrogen) atoms. The Hall–Kier alpha value is -0.670. The smallest absolute Gasteiger partial charge is 0.119 e. The van der Waals surface area contributed by atoms with Crippen molar-refractivity contribution in [1.29, 1.82) is 0 Å². The van der Waals surface area contributed by atoms with E-state index in [9.17, 15) is 0 Å². The van der Waals surface area contributed by atoms with E-state index in [2.05, 4.69) is 6.26 Å². The SMILES string of the molecule is CSCCCOc1cccc([C@@H](C)N)c1. The van der Waals surface area contributed by atoms with Crippen molar-refractivity contribution in [3.05, 3.63) is 29.8 Å². The second kappa shape index (κ2) is 6.75. The highest BCUT2D eigenvalue weighted by molar-refractivity contribution is 7.98. The fraction of sp³-hybridized carbons (Fsp3) is 0.500. The molecule has 0 saturated carbocycles. The summed E-state index contributed by atoms with van der Waals surface area (Å²) in [6.45, 7) is 2.76. The van der Waals surface area contributed by atoms with Crippen LogP contribution in [0.25, 0.3) is 0 Å². The summed E-state index contributed by atoms with van der Waals surface area (Å²) in [6.07, 6.45) is 3.19. The lowest BCUT2D eigenvalue weighted by Gasteiger charge is -2.09. The first kappa shape index (κ1) is 12.4. The molecule has 0 amide bonds. The van der Waals surface area contributed by atoms with Crippen molar-refractivity contribution in [1.82, 2.24) is 0 Å². The third-order valence-corrected chi connectivity index (χ3v) is 2.84. The van der Waals surface area contributed by atoms with Gasteiger partial charge in [-0.05, 0) is 43.0 Å². The lowest BCUT2D eigenvalue weighted by molar-refractivity contribution is 0.318. The monoisotopic (exact) mass is 225 g/mol. The summed E-state index contributed by atoms with van der Waals surface area (Å²) >= 11 is 1.84. The molecule has 0 heterocycles. The van der Waals surface area contributed by atoms with Gasteiger partial charge in [-0.25, -0.2) is 0 Å². The van der Waals surface area contributed by atoms with E-state index in [0.717, 1.165) is 30.1 Å². The number of rotatable bonds is 6. The topological polar surface area (TPSA) is 35.2 Å². The molecule has 0 unspecified atom stereocenters. The van der Waals surface area contributed by atoms with Crippen LogP contribution in [0.1, 0.15) is 24.9 Å². The minimum Gasteiger partial charge on any atom is -0.494 e. The Bertz CT molecular complexity index is 289. The lowest BCUT2D eigenvalue weighted by atomic mass is 10.1. The van der Waals surface area contributed by atoms with Crippen molar-refractivity contribution >= 4 is 11.8 Å². The van der Waals surface area contributed by atoms with Crippen LogP contribution in [0.2, 0.25) is 0 Å². The molecular weight excluding hydrogens is 206 g/mol. The number of hydrogen-bond donors (Lipinski definition) is 1.